The standard InChI is InChI=1S/C16H16N2O4/c1-2-18(14-8-13(15(19)20)9-17-10-14)16(21)22-11-12-6-4-3-5-7-12/h3-10H,2,11H2,1H3,(H,19,20). The van der Waals surface area contributed by atoms with E-state index in [1.807, 2.05) is 30.3 Å². The molecule has 1 aromatic heterocycles. The van der Waals surface area contributed by atoms with E-state index in [0.29, 0.717) is 12.2 Å². The van der Waals surface area contributed by atoms with Crippen molar-refractivity contribution in [2.24, 2.45) is 0 Å². The van der Waals surface area contributed by atoms with Gasteiger partial charge in [0.2, 0.25) is 0 Å². The van der Waals surface area contributed by atoms with Gasteiger partial charge in [-0.05, 0) is 18.6 Å². The average Bonchev–Trinajstić information content (AvgIpc) is 2.55. The van der Waals surface area contributed by atoms with Crippen molar-refractivity contribution in [3.8, 4) is 0 Å². The van der Waals surface area contributed by atoms with Crippen molar-refractivity contribution >= 4 is 17.7 Å². The Morgan fingerprint density at radius 1 is 1.23 bits per heavy atom. The summed E-state index contributed by atoms with van der Waals surface area (Å²) in [7, 11) is 0. The van der Waals surface area contributed by atoms with Gasteiger partial charge in [0.15, 0.2) is 0 Å². The van der Waals surface area contributed by atoms with Crippen LogP contribution in [0.3, 0.4) is 0 Å². The summed E-state index contributed by atoms with van der Waals surface area (Å²) in [6.45, 7) is 2.28. The molecule has 1 aromatic carbocycles. The molecule has 6 nitrogen and oxygen atoms in total. The van der Waals surface area contributed by atoms with Crippen molar-refractivity contribution in [1.82, 2.24) is 4.98 Å². The highest BCUT2D eigenvalue weighted by Gasteiger charge is 2.17. The van der Waals surface area contributed by atoms with Crippen LogP contribution in [0, 0.1) is 0 Å². The van der Waals surface area contributed by atoms with Crippen LogP contribution in [0.5, 0.6) is 0 Å². The second-order valence-electron chi connectivity index (χ2n) is 4.52. The molecule has 114 valence electrons. The molecule has 1 heterocycles. The predicted molar refractivity (Wildman–Crippen MR) is 80.8 cm³/mol. The zero-order chi connectivity index (χ0) is 15.9. The van der Waals surface area contributed by atoms with Gasteiger partial charge in [0, 0.05) is 12.7 Å². The number of carboxylic acids is 1. The van der Waals surface area contributed by atoms with Gasteiger partial charge in [-0.15, -0.1) is 0 Å². The lowest BCUT2D eigenvalue weighted by Gasteiger charge is -2.20. The van der Waals surface area contributed by atoms with Gasteiger partial charge in [-0.3, -0.25) is 9.88 Å². The van der Waals surface area contributed by atoms with E-state index in [-0.39, 0.29) is 12.2 Å². The van der Waals surface area contributed by atoms with Crippen molar-refractivity contribution in [3.63, 3.8) is 0 Å². The molecular formula is C16H16N2O4. The second-order valence-corrected chi connectivity index (χ2v) is 4.52. The minimum Gasteiger partial charge on any atom is -0.478 e. The Labute approximate surface area is 128 Å². The first kappa shape index (κ1) is 15.5. The molecule has 1 amide bonds. The molecule has 0 atom stereocenters. The van der Waals surface area contributed by atoms with E-state index >= 15 is 0 Å². The fourth-order valence-electron chi connectivity index (χ4n) is 1.91. The van der Waals surface area contributed by atoms with Crippen molar-refractivity contribution in [2.45, 2.75) is 13.5 Å². The lowest BCUT2D eigenvalue weighted by Crippen LogP contribution is -2.31. The Bertz CT molecular complexity index is 658. The van der Waals surface area contributed by atoms with Gasteiger partial charge in [-0.1, -0.05) is 30.3 Å². The van der Waals surface area contributed by atoms with Gasteiger partial charge in [0.05, 0.1) is 17.4 Å². The number of aromatic nitrogens is 1. The SMILES string of the molecule is CCN(C(=O)OCc1ccccc1)c1cncc(C(=O)O)c1. The van der Waals surface area contributed by atoms with Crippen LogP contribution in [-0.2, 0) is 11.3 Å². The maximum absolute atomic E-state index is 12.2. The summed E-state index contributed by atoms with van der Waals surface area (Å²) in [5.74, 6) is -1.09. The van der Waals surface area contributed by atoms with E-state index in [2.05, 4.69) is 4.98 Å². The first-order chi connectivity index (χ1) is 10.6. The molecule has 0 bridgehead atoms. The summed E-state index contributed by atoms with van der Waals surface area (Å²) in [5, 5.41) is 8.98. The number of anilines is 1. The number of aromatic carboxylic acids is 1. The maximum Gasteiger partial charge on any atom is 0.414 e. The number of ether oxygens (including phenoxy) is 1. The van der Waals surface area contributed by atoms with Crippen molar-refractivity contribution in [2.75, 3.05) is 11.4 Å². The number of pyridine rings is 1. The van der Waals surface area contributed by atoms with E-state index < -0.39 is 12.1 Å². The molecule has 0 saturated carbocycles. The highest BCUT2D eigenvalue weighted by Crippen LogP contribution is 2.16. The Balaban J connectivity index is 2.08. The summed E-state index contributed by atoms with van der Waals surface area (Å²) in [6.07, 6.45) is 2.12. The third kappa shape index (κ3) is 3.82. The van der Waals surface area contributed by atoms with Gasteiger partial charge in [0.25, 0.3) is 0 Å². The molecule has 0 fully saturated rings. The van der Waals surface area contributed by atoms with Gasteiger partial charge >= 0.3 is 12.1 Å². The molecule has 0 aliphatic rings. The van der Waals surface area contributed by atoms with Crippen LogP contribution in [0.25, 0.3) is 0 Å². The van der Waals surface area contributed by atoms with E-state index in [0.717, 1.165) is 5.56 Å². The largest absolute Gasteiger partial charge is 0.478 e. The van der Waals surface area contributed by atoms with Crippen LogP contribution in [0.1, 0.15) is 22.8 Å². The molecule has 6 heteroatoms. The van der Waals surface area contributed by atoms with Crippen LogP contribution in [0.2, 0.25) is 0 Å². The molecule has 2 aromatic rings. The van der Waals surface area contributed by atoms with E-state index in [1.165, 1.54) is 23.4 Å². The molecule has 0 aliphatic carbocycles. The quantitative estimate of drug-likeness (QED) is 0.918. The van der Waals surface area contributed by atoms with E-state index in [9.17, 15) is 9.59 Å². The molecule has 0 unspecified atom stereocenters. The van der Waals surface area contributed by atoms with Crippen molar-refractivity contribution < 1.29 is 19.4 Å². The van der Waals surface area contributed by atoms with Gasteiger partial charge < -0.3 is 9.84 Å². The van der Waals surface area contributed by atoms with Gasteiger partial charge in [0.1, 0.15) is 6.61 Å². The Hall–Kier alpha value is -2.89. The highest BCUT2D eigenvalue weighted by molar-refractivity contribution is 5.92. The lowest BCUT2D eigenvalue weighted by atomic mass is 10.2. The second kappa shape index (κ2) is 7.21. The summed E-state index contributed by atoms with van der Waals surface area (Å²) in [4.78, 5) is 28.3. The fraction of sp³-hybridized carbons (Fsp3) is 0.188. The van der Waals surface area contributed by atoms with Crippen LogP contribution in [0.15, 0.2) is 48.8 Å². The van der Waals surface area contributed by atoms with Crippen LogP contribution in [-0.4, -0.2) is 28.7 Å². The van der Waals surface area contributed by atoms with Gasteiger partial charge in [-0.2, -0.15) is 0 Å². The number of hydrogen-bond donors (Lipinski definition) is 1. The topological polar surface area (TPSA) is 79.7 Å². The zero-order valence-electron chi connectivity index (χ0n) is 12.1. The van der Waals surface area contributed by atoms with Gasteiger partial charge in [-0.25, -0.2) is 9.59 Å². The molecule has 0 spiro atoms. The number of carbonyl (C=O) groups is 2. The molecular weight excluding hydrogens is 284 g/mol. The Kier molecular flexibility index (Phi) is 5.08. The minimum absolute atomic E-state index is 0.0202. The number of nitrogens with zero attached hydrogens (tertiary/aromatic N) is 2. The predicted octanol–water partition coefficient (Wildman–Crippen LogP) is 2.94. The molecule has 0 saturated heterocycles. The Morgan fingerprint density at radius 2 is 1.95 bits per heavy atom. The first-order valence-electron chi connectivity index (χ1n) is 6.78. The van der Waals surface area contributed by atoms with Crippen molar-refractivity contribution in [1.29, 1.82) is 0 Å². The average molecular weight is 300 g/mol. The molecule has 2 rings (SSSR count). The number of benzene rings is 1. The number of carbonyl (C=O) groups excluding carboxylic acids is 1. The summed E-state index contributed by atoms with van der Waals surface area (Å²) >= 11 is 0. The number of hydrogen-bond acceptors (Lipinski definition) is 4. The van der Waals surface area contributed by atoms with E-state index in [1.54, 1.807) is 6.92 Å². The monoisotopic (exact) mass is 300 g/mol. The first-order valence-corrected chi connectivity index (χ1v) is 6.78. The summed E-state index contributed by atoms with van der Waals surface area (Å²) in [5.41, 5.74) is 1.29. The van der Waals surface area contributed by atoms with Crippen LogP contribution >= 0.6 is 0 Å². The van der Waals surface area contributed by atoms with Crippen LogP contribution < -0.4 is 4.90 Å². The number of amides is 1. The highest BCUT2D eigenvalue weighted by atomic mass is 16.6. The third-order valence-corrected chi connectivity index (χ3v) is 3.02. The van der Waals surface area contributed by atoms with Crippen molar-refractivity contribution in [3.05, 3.63) is 59.9 Å². The Morgan fingerprint density at radius 3 is 2.59 bits per heavy atom. The third-order valence-electron chi connectivity index (χ3n) is 3.02. The molecule has 1 N–H and O–H groups in total. The number of carboxylic acid groups (broad SMARTS) is 1. The zero-order valence-corrected chi connectivity index (χ0v) is 12.1. The summed E-state index contributed by atoms with van der Waals surface area (Å²) in [6, 6.07) is 10.7. The number of rotatable bonds is 5. The summed E-state index contributed by atoms with van der Waals surface area (Å²) < 4.78 is 5.25. The fourth-order valence-corrected chi connectivity index (χ4v) is 1.91. The van der Waals surface area contributed by atoms with Crippen LogP contribution in [0.4, 0.5) is 10.5 Å². The maximum atomic E-state index is 12.2. The normalized spacial score (nSPS) is 10.0. The lowest BCUT2D eigenvalue weighted by molar-refractivity contribution is 0.0696. The minimum atomic E-state index is -1.09. The van der Waals surface area contributed by atoms with E-state index in [4.69, 9.17) is 9.84 Å². The molecule has 0 aliphatic heterocycles. The molecule has 0 radical (unpaired) electrons. The molecule has 22 heavy (non-hydrogen) atoms. The smallest absolute Gasteiger partial charge is 0.414 e.